The third-order valence-corrected chi connectivity index (χ3v) is 3.05. The van der Waals surface area contributed by atoms with E-state index in [-0.39, 0.29) is 0 Å². The SMILES string of the molecule is CCCOCCOc1cccc(Cl)c1CNCCOC. The molecule has 0 aromatic heterocycles. The Morgan fingerprint density at radius 2 is 2.00 bits per heavy atom. The zero-order valence-corrected chi connectivity index (χ0v) is 13.0. The molecule has 0 saturated heterocycles. The van der Waals surface area contributed by atoms with Gasteiger partial charge in [-0.1, -0.05) is 24.6 Å². The van der Waals surface area contributed by atoms with Crippen molar-refractivity contribution < 1.29 is 14.2 Å². The highest BCUT2D eigenvalue weighted by Crippen LogP contribution is 2.26. The van der Waals surface area contributed by atoms with Gasteiger partial charge in [0, 0.05) is 37.4 Å². The number of benzene rings is 1. The van der Waals surface area contributed by atoms with Gasteiger partial charge in [-0.2, -0.15) is 0 Å². The summed E-state index contributed by atoms with van der Waals surface area (Å²) in [4.78, 5) is 0. The van der Waals surface area contributed by atoms with Gasteiger partial charge in [0.1, 0.15) is 12.4 Å². The highest BCUT2D eigenvalue weighted by molar-refractivity contribution is 6.31. The Labute approximate surface area is 126 Å². The summed E-state index contributed by atoms with van der Waals surface area (Å²) in [5.74, 6) is 0.808. The number of halogens is 1. The molecule has 5 heteroatoms. The molecular weight excluding hydrogens is 278 g/mol. The van der Waals surface area contributed by atoms with Gasteiger partial charge < -0.3 is 19.5 Å². The Bertz CT molecular complexity index is 374. The van der Waals surface area contributed by atoms with Crippen LogP contribution in [0.3, 0.4) is 0 Å². The van der Waals surface area contributed by atoms with Gasteiger partial charge in [0.25, 0.3) is 0 Å². The van der Waals surface area contributed by atoms with Gasteiger partial charge >= 0.3 is 0 Å². The molecule has 0 heterocycles. The lowest BCUT2D eigenvalue weighted by Gasteiger charge is -2.13. The van der Waals surface area contributed by atoms with E-state index in [0.717, 1.165) is 30.9 Å². The molecule has 20 heavy (non-hydrogen) atoms. The molecule has 1 aromatic rings. The van der Waals surface area contributed by atoms with Crippen LogP contribution in [0.5, 0.6) is 5.75 Å². The summed E-state index contributed by atoms with van der Waals surface area (Å²) >= 11 is 6.22. The van der Waals surface area contributed by atoms with Gasteiger partial charge in [0.2, 0.25) is 0 Å². The molecule has 0 saturated carbocycles. The normalized spacial score (nSPS) is 10.8. The standard InChI is InChI=1S/C15H24ClNO3/c1-3-8-19-10-11-20-15-6-4-5-14(16)13(15)12-17-7-9-18-2/h4-6,17H,3,7-12H2,1-2H3. The molecule has 0 unspecified atom stereocenters. The van der Waals surface area contributed by atoms with E-state index < -0.39 is 0 Å². The quantitative estimate of drug-likeness (QED) is 0.638. The van der Waals surface area contributed by atoms with E-state index in [2.05, 4.69) is 12.2 Å². The Hall–Kier alpha value is -0.810. The second-order valence-corrected chi connectivity index (χ2v) is 4.75. The minimum Gasteiger partial charge on any atom is -0.491 e. The molecule has 1 N–H and O–H groups in total. The van der Waals surface area contributed by atoms with Gasteiger partial charge in [-0.3, -0.25) is 0 Å². The van der Waals surface area contributed by atoms with Crippen LogP contribution in [0, 0.1) is 0 Å². The highest BCUT2D eigenvalue weighted by atomic mass is 35.5. The Balaban J connectivity index is 2.45. The fraction of sp³-hybridized carbons (Fsp3) is 0.600. The number of ether oxygens (including phenoxy) is 3. The fourth-order valence-electron chi connectivity index (χ4n) is 1.69. The van der Waals surface area contributed by atoms with Crippen LogP contribution in [0.25, 0.3) is 0 Å². The summed E-state index contributed by atoms with van der Waals surface area (Å²) in [7, 11) is 1.68. The average molecular weight is 302 g/mol. The summed E-state index contributed by atoms with van der Waals surface area (Å²) in [5.41, 5.74) is 0.973. The van der Waals surface area contributed by atoms with Gasteiger partial charge in [-0.05, 0) is 18.6 Å². The second-order valence-electron chi connectivity index (χ2n) is 4.35. The van der Waals surface area contributed by atoms with Gasteiger partial charge in [0.15, 0.2) is 0 Å². The molecule has 114 valence electrons. The van der Waals surface area contributed by atoms with Gasteiger partial charge in [0.05, 0.1) is 13.2 Å². The van der Waals surface area contributed by atoms with Crippen molar-refractivity contribution >= 4 is 11.6 Å². The van der Waals surface area contributed by atoms with Crippen molar-refractivity contribution in [2.75, 3.05) is 40.1 Å². The van der Waals surface area contributed by atoms with E-state index in [1.807, 2.05) is 18.2 Å². The molecule has 4 nitrogen and oxygen atoms in total. The van der Waals surface area contributed by atoms with Crippen molar-refractivity contribution in [1.82, 2.24) is 5.32 Å². The maximum Gasteiger partial charge on any atom is 0.125 e. The van der Waals surface area contributed by atoms with Crippen LogP contribution in [0.15, 0.2) is 18.2 Å². The Morgan fingerprint density at radius 1 is 1.15 bits per heavy atom. The first-order chi connectivity index (χ1) is 9.79. The lowest BCUT2D eigenvalue weighted by molar-refractivity contribution is 0.100. The summed E-state index contributed by atoms with van der Waals surface area (Å²) in [6.45, 7) is 6.09. The zero-order valence-electron chi connectivity index (χ0n) is 12.3. The van der Waals surface area contributed by atoms with Crippen LogP contribution in [0.4, 0.5) is 0 Å². The molecule has 0 aliphatic rings. The minimum absolute atomic E-state index is 0.533. The molecule has 0 spiro atoms. The second kappa shape index (κ2) is 10.9. The van der Waals surface area contributed by atoms with E-state index in [1.54, 1.807) is 7.11 Å². The minimum atomic E-state index is 0.533. The van der Waals surface area contributed by atoms with E-state index in [0.29, 0.717) is 31.4 Å². The maximum atomic E-state index is 6.22. The highest BCUT2D eigenvalue weighted by Gasteiger charge is 2.07. The average Bonchev–Trinajstić information content (AvgIpc) is 2.45. The van der Waals surface area contributed by atoms with Crippen molar-refractivity contribution in [2.24, 2.45) is 0 Å². The summed E-state index contributed by atoms with van der Waals surface area (Å²) in [5, 5.41) is 3.98. The van der Waals surface area contributed by atoms with Crippen molar-refractivity contribution in [1.29, 1.82) is 0 Å². The van der Waals surface area contributed by atoms with Crippen LogP contribution in [0.2, 0.25) is 5.02 Å². The number of hydrogen-bond donors (Lipinski definition) is 1. The molecule has 0 bridgehead atoms. The predicted molar refractivity (Wildman–Crippen MR) is 81.6 cm³/mol. The summed E-state index contributed by atoms with van der Waals surface area (Å²) < 4.78 is 16.1. The summed E-state index contributed by atoms with van der Waals surface area (Å²) in [6.07, 6.45) is 1.02. The molecule has 1 rings (SSSR count). The van der Waals surface area contributed by atoms with Crippen molar-refractivity contribution in [3.63, 3.8) is 0 Å². The fourth-order valence-corrected chi connectivity index (χ4v) is 1.92. The van der Waals surface area contributed by atoms with Crippen LogP contribution >= 0.6 is 11.6 Å². The predicted octanol–water partition coefficient (Wildman–Crippen LogP) is 2.88. The van der Waals surface area contributed by atoms with Crippen LogP contribution < -0.4 is 10.1 Å². The first-order valence-corrected chi connectivity index (χ1v) is 7.35. The lowest BCUT2D eigenvalue weighted by atomic mass is 10.2. The van der Waals surface area contributed by atoms with Crippen LogP contribution in [0.1, 0.15) is 18.9 Å². The first-order valence-electron chi connectivity index (χ1n) is 6.97. The third kappa shape index (κ3) is 6.57. The topological polar surface area (TPSA) is 39.7 Å². The van der Waals surface area contributed by atoms with Gasteiger partial charge in [-0.15, -0.1) is 0 Å². The largest absolute Gasteiger partial charge is 0.491 e. The monoisotopic (exact) mass is 301 g/mol. The van der Waals surface area contributed by atoms with E-state index >= 15 is 0 Å². The lowest BCUT2D eigenvalue weighted by Crippen LogP contribution is -2.19. The Kier molecular flexibility index (Phi) is 9.41. The third-order valence-electron chi connectivity index (χ3n) is 2.69. The molecule has 0 radical (unpaired) electrons. The van der Waals surface area contributed by atoms with Crippen molar-refractivity contribution in [3.8, 4) is 5.75 Å². The summed E-state index contributed by atoms with van der Waals surface area (Å²) in [6, 6.07) is 5.69. The molecule has 1 aromatic carbocycles. The Morgan fingerprint density at radius 3 is 2.75 bits per heavy atom. The molecule has 0 fully saturated rings. The van der Waals surface area contributed by atoms with E-state index in [1.165, 1.54) is 0 Å². The maximum absolute atomic E-state index is 6.22. The number of rotatable bonds is 11. The molecule has 0 atom stereocenters. The molecular formula is C15H24ClNO3. The van der Waals surface area contributed by atoms with E-state index in [4.69, 9.17) is 25.8 Å². The van der Waals surface area contributed by atoms with E-state index in [9.17, 15) is 0 Å². The van der Waals surface area contributed by atoms with Gasteiger partial charge in [-0.25, -0.2) is 0 Å². The molecule has 0 aliphatic heterocycles. The van der Waals surface area contributed by atoms with Crippen LogP contribution in [-0.2, 0) is 16.0 Å². The smallest absolute Gasteiger partial charge is 0.125 e. The van der Waals surface area contributed by atoms with Crippen molar-refractivity contribution in [3.05, 3.63) is 28.8 Å². The number of methoxy groups -OCH3 is 1. The zero-order chi connectivity index (χ0) is 14.6. The molecule has 0 amide bonds. The van der Waals surface area contributed by atoms with Crippen molar-refractivity contribution in [2.45, 2.75) is 19.9 Å². The number of nitrogens with one attached hydrogen (secondary N) is 1. The van der Waals surface area contributed by atoms with Crippen LogP contribution in [-0.4, -0.2) is 40.1 Å². The number of hydrogen-bond acceptors (Lipinski definition) is 4. The molecule has 0 aliphatic carbocycles. The first kappa shape index (κ1) is 17.2.